The quantitative estimate of drug-likeness (QED) is 0.823. The van der Waals surface area contributed by atoms with Crippen LogP contribution >= 0.6 is 0 Å². The number of hydrogen-bond donors (Lipinski definition) is 0. The summed E-state index contributed by atoms with van der Waals surface area (Å²) in [5.41, 5.74) is 0.751. The monoisotopic (exact) mass is 258 g/mol. The molecule has 3 rings (SSSR count). The van der Waals surface area contributed by atoms with Crippen LogP contribution in [0.5, 0.6) is 0 Å². The minimum atomic E-state index is 0.115. The van der Waals surface area contributed by atoms with Crippen molar-refractivity contribution in [3.05, 3.63) is 42.5 Å². The Bertz CT molecular complexity index is 558. The number of aromatic nitrogens is 3. The minimum absolute atomic E-state index is 0.115. The summed E-state index contributed by atoms with van der Waals surface area (Å²) in [5.74, 6) is 0.115. The van der Waals surface area contributed by atoms with Gasteiger partial charge in [0.1, 0.15) is 5.69 Å². The molecule has 0 aromatic carbocycles. The molecule has 1 aliphatic rings. The van der Waals surface area contributed by atoms with Crippen LogP contribution in [0.4, 0.5) is 0 Å². The molecule has 2 aromatic rings. The molecule has 1 saturated heterocycles. The van der Waals surface area contributed by atoms with E-state index in [1.807, 2.05) is 51.8 Å². The van der Waals surface area contributed by atoms with Crippen LogP contribution in [0.2, 0.25) is 0 Å². The Labute approximate surface area is 112 Å². The molecule has 100 valence electrons. The number of rotatable bonds is 2. The van der Waals surface area contributed by atoms with E-state index >= 15 is 0 Å². The zero-order chi connectivity index (χ0) is 13.2. The van der Waals surface area contributed by atoms with E-state index in [4.69, 9.17) is 0 Å². The standard InChI is InChI=1S/C14H18N4O/c1-16-8-3-6-13(16)14(19)17-9-2-5-12(11-17)18-10-4-7-15-18/h3-4,6-8,10,12H,2,5,9,11H2,1H3. The molecular weight excluding hydrogens is 240 g/mol. The summed E-state index contributed by atoms with van der Waals surface area (Å²) in [5, 5.41) is 4.29. The Morgan fingerprint density at radius 1 is 1.37 bits per heavy atom. The Kier molecular flexibility index (Phi) is 3.11. The van der Waals surface area contributed by atoms with Crippen LogP contribution in [0, 0.1) is 0 Å². The molecule has 5 nitrogen and oxygen atoms in total. The van der Waals surface area contributed by atoms with Gasteiger partial charge in [-0.2, -0.15) is 5.10 Å². The zero-order valence-electron chi connectivity index (χ0n) is 11.1. The van der Waals surface area contributed by atoms with E-state index in [2.05, 4.69) is 5.10 Å². The van der Waals surface area contributed by atoms with E-state index in [1.165, 1.54) is 0 Å². The van der Waals surface area contributed by atoms with Crippen molar-refractivity contribution >= 4 is 5.91 Å². The first-order valence-electron chi connectivity index (χ1n) is 6.65. The largest absolute Gasteiger partial charge is 0.347 e. The van der Waals surface area contributed by atoms with Gasteiger partial charge in [-0.3, -0.25) is 9.48 Å². The summed E-state index contributed by atoms with van der Waals surface area (Å²) >= 11 is 0. The SMILES string of the molecule is Cn1cccc1C(=O)N1CCCC(n2cccn2)C1. The lowest BCUT2D eigenvalue weighted by molar-refractivity contribution is 0.0663. The van der Waals surface area contributed by atoms with Crippen LogP contribution < -0.4 is 0 Å². The van der Waals surface area contributed by atoms with Crippen molar-refractivity contribution in [2.45, 2.75) is 18.9 Å². The van der Waals surface area contributed by atoms with E-state index in [0.29, 0.717) is 6.04 Å². The second kappa shape index (κ2) is 4.91. The van der Waals surface area contributed by atoms with Gasteiger partial charge in [0.2, 0.25) is 0 Å². The lowest BCUT2D eigenvalue weighted by atomic mass is 10.1. The molecule has 1 unspecified atom stereocenters. The fraction of sp³-hybridized carbons (Fsp3) is 0.429. The number of piperidine rings is 1. The maximum absolute atomic E-state index is 12.5. The lowest BCUT2D eigenvalue weighted by Crippen LogP contribution is -2.41. The van der Waals surface area contributed by atoms with E-state index in [1.54, 1.807) is 6.20 Å². The number of likely N-dealkylation sites (tertiary alicyclic amines) is 1. The fourth-order valence-electron chi connectivity index (χ4n) is 2.70. The maximum atomic E-state index is 12.5. The van der Waals surface area contributed by atoms with Gasteiger partial charge in [0.25, 0.3) is 5.91 Å². The highest BCUT2D eigenvalue weighted by Gasteiger charge is 2.26. The first-order chi connectivity index (χ1) is 9.25. The lowest BCUT2D eigenvalue weighted by Gasteiger charge is -2.32. The Morgan fingerprint density at radius 3 is 2.95 bits per heavy atom. The van der Waals surface area contributed by atoms with Crippen LogP contribution in [-0.2, 0) is 7.05 Å². The van der Waals surface area contributed by atoms with Gasteiger partial charge >= 0.3 is 0 Å². The Morgan fingerprint density at radius 2 is 2.26 bits per heavy atom. The van der Waals surface area contributed by atoms with Crippen LogP contribution in [0.3, 0.4) is 0 Å². The van der Waals surface area contributed by atoms with Crippen molar-refractivity contribution < 1.29 is 4.79 Å². The molecule has 0 saturated carbocycles. The summed E-state index contributed by atoms with van der Waals surface area (Å²) in [7, 11) is 1.90. The molecular formula is C14H18N4O. The molecule has 0 bridgehead atoms. The number of carbonyl (C=O) groups is 1. The van der Waals surface area contributed by atoms with Gasteiger partial charge in [0, 0.05) is 38.7 Å². The average molecular weight is 258 g/mol. The topological polar surface area (TPSA) is 43.1 Å². The summed E-state index contributed by atoms with van der Waals surface area (Å²) in [4.78, 5) is 14.4. The summed E-state index contributed by atoms with van der Waals surface area (Å²) in [6.07, 6.45) is 7.78. The molecule has 19 heavy (non-hydrogen) atoms. The van der Waals surface area contributed by atoms with Crippen molar-refractivity contribution in [2.24, 2.45) is 7.05 Å². The highest BCUT2D eigenvalue weighted by molar-refractivity contribution is 5.92. The zero-order valence-corrected chi connectivity index (χ0v) is 11.1. The predicted molar refractivity (Wildman–Crippen MR) is 71.8 cm³/mol. The Hall–Kier alpha value is -2.04. The highest BCUT2D eigenvalue weighted by Crippen LogP contribution is 2.22. The van der Waals surface area contributed by atoms with Crippen LogP contribution in [0.1, 0.15) is 29.4 Å². The van der Waals surface area contributed by atoms with Gasteiger partial charge in [-0.25, -0.2) is 0 Å². The van der Waals surface area contributed by atoms with Gasteiger partial charge in [0.05, 0.1) is 6.04 Å². The number of carbonyl (C=O) groups excluding carboxylic acids is 1. The van der Waals surface area contributed by atoms with Crippen LogP contribution in [0.15, 0.2) is 36.8 Å². The molecule has 0 spiro atoms. The van der Waals surface area contributed by atoms with Crippen LogP contribution in [-0.4, -0.2) is 38.2 Å². The van der Waals surface area contributed by atoms with Crippen molar-refractivity contribution in [2.75, 3.05) is 13.1 Å². The van der Waals surface area contributed by atoms with Crippen molar-refractivity contribution in [1.29, 1.82) is 0 Å². The predicted octanol–water partition coefficient (Wildman–Crippen LogP) is 1.70. The van der Waals surface area contributed by atoms with Gasteiger partial charge in [0.15, 0.2) is 0 Å². The minimum Gasteiger partial charge on any atom is -0.347 e. The molecule has 1 atom stereocenters. The molecule has 2 aromatic heterocycles. The molecule has 0 radical (unpaired) electrons. The van der Waals surface area contributed by atoms with Gasteiger partial charge in [-0.05, 0) is 31.0 Å². The van der Waals surface area contributed by atoms with Gasteiger partial charge in [-0.15, -0.1) is 0 Å². The van der Waals surface area contributed by atoms with Crippen molar-refractivity contribution in [1.82, 2.24) is 19.2 Å². The summed E-state index contributed by atoms with van der Waals surface area (Å²) in [6.45, 7) is 1.58. The van der Waals surface area contributed by atoms with Crippen molar-refractivity contribution in [3.63, 3.8) is 0 Å². The molecule has 3 heterocycles. The fourth-order valence-corrected chi connectivity index (χ4v) is 2.70. The number of hydrogen-bond acceptors (Lipinski definition) is 2. The third-order valence-electron chi connectivity index (χ3n) is 3.75. The van der Waals surface area contributed by atoms with E-state index < -0.39 is 0 Å². The van der Waals surface area contributed by atoms with Gasteiger partial charge in [-0.1, -0.05) is 0 Å². The molecule has 1 fully saturated rings. The number of aryl methyl sites for hydroxylation is 1. The normalized spacial score (nSPS) is 19.6. The highest BCUT2D eigenvalue weighted by atomic mass is 16.2. The first-order valence-corrected chi connectivity index (χ1v) is 6.65. The van der Waals surface area contributed by atoms with Gasteiger partial charge < -0.3 is 9.47 Å². The average Bonchev–Trinajstić information content (AvgIpc) is 3.09. The second-order valence-electron chi connectivity index (χ2n) is 5.04. The van der Waals surface area contributed by atoms with E-state index in [-0.39, 0.29) is 5.91 Å². The molecule has 0 N–H and O–H groups in total. The molecule has 1 aliphatic heterocycles. The summed E-state index contributed by atoms with van der Waals surface area (Å²) in [6, 6.07) is 6.01. The summed E-state index contributed by atoms with van der Waals surface area (Å²) < 4.78 is 3.84. The van der Waals surface area contributed by atoms with Crippen molar-refractivity contribution in [3.8, 4) is 0 Å². The molecule has 0 aliphatic carbocycles. The number of nitrogens with zero attached hydrogens (tertiary/aromatic N) is 4. The Balaban J connectivity index is 1.75. The third-order valence-corrected chi connectivity index (χ3v) is 3.75. The third kappa shape index (κ3) is 2.28. The molecule has 5 heteroatoms. The first kappa shape index (κ1) is 12.0. The second-order valence-corrected chi connectivity index (χ2v) is 5.04. The van der Waals surface area contributed by atoms with Crippen LogP contribution in [0.25, 0.3) is 0 Å². The van der Waals surface area contributed by atoms with E-state index in [0.717, 1.165) is 31.6 Å². The maximum Gasteiger partial charge on any atom is 0.270 e. The van der Waals surface area contributed by atoms with E-state index in [9.17, 15) is 4.79 Å². The smallest absolute Gasteiger partial charge is 0.270 e. The number of amides is 1. The molecule has 1 amide bonds.